The molecule has 0 spiro atoms. The minimum Gasteiger partial charge on any atom is -0.340 e. The van der Waals surface area contributed by atoms with Crippen molar-refractivity contribution in [1.29, 1.82) is 0 Å². The van der Waals surface area contributed by atoms with Gasteiger partial charge >= 0.3 is 0 Å². The number of piperidine rings is 1. The van der Waals surface area contributed by atoms with Crippen molar-refractivity contribution in [3.8, 4) is 0 Å². The molecule has 1 aliphatic heterocycles. The Labute approximate surface area is 111 Å². The minimum absolute atomic E-state index is 0.328. The molecule has 1 amide bonds. The molecule has 2 fully saturated rings. The Morgan fingerprint density at radius 2 is 2.00 bits per heavy atom. The molecule has 4 atom stereocenters. The quantitative estimate of drug-likeness (QED) is 0.821. The third-order valence-corrected chi connectivity index (χ3v) is 4.72. The second-order valence-corrected chi connectivity index (χ2v) is 6.57. The summed E-state index contributed by atoms with van der Waals surface area (Å²) in [6.45, 7) is 5.40. The molecule has 3 nitrogen and oxygen atoms in total. The molecule has 1 saturated carbocycles. The highest BCUT2D eigenvalue weighted by atomic mass is 16.2. The monoisotopic (exact) mass is 252 g/mol. The SMILES string of the molecule is CC1CCC(C)N(C(=O)CC2CCCC(N)C2)C1. The Kier molecular flexibility index (Phi) is 4.66. The van der Waals surface area contributed by atoms with Crippen LogP contribution in [0.15, 0.2) is 0 Å². The number of rotatable bonds is 2. The maximum Gasteiger partial charge on any atom is 0.223 e. The topological polar surface area (TPSA) is 46.3 Å². The molecule has 1 saturated heterocycles. The van der Waals surface area contributed by atoms with Crippen molar-refractivity contribution in [2.24, 2.45) is 17.6 Å². The smallest absolute Gasteiger partial charge is 0.223 e. The van der Waals surface area contributed by atoms with E-state index in [-0.39, 0.29) is 0 Å². The second-order valence-electron chi connectivity index (χ2n) is 6.57. The van der Waals surface area contributed by atoms with Crippen molar-refractivity contribution in [2.75, 3.05) is 6.54 Å². The van der Waals surface area contributed by atoms with E-state index in [2.05, 4.69) is 18.7 Å². The Morgan fingerprint density at radius 3 is 2.72 bits per heavy atom. The van der Waals surface area contributed by atoms with Gasteiger partial charge in [-0.1, -0.05) is 13.3 Å². The zero-order chi connectivity index (χ0) is 13.1. The van der Waals surface area contributed by atoms with Crippen LogP contribution in [0.25, 0.3) is 0 Å². The number of nitrogens with two attached hydrogens (primary N) is 1. The number of hydrogen-bond donors (Lipinski definition) is 1. The van der Waals surface area contributed by atoms with Gasteiger partial charge < -0.3 is 10.6 Å². The summed E-state index contributed by atoms with van der Waals surface area (Å²) >= 11 is 0. The van der Waals surface area contributed by atoms with Crippen LogP contribution in [0.5, 0.6) is 0 Å². The van der Waals surface area contributed by atoms with E-state index in [0.29, 0.717) is 29.8 Å². The van der Waals surface area contributed by atoms with Gasteiger partial charge in [-0.3, -0.25) is 4.79 Å². The molecule has 2 aliphatic rings. The summed E-state index contributed by atoms with van der Waals surface area (Å²) in [7, 11) is 0. The van der Waals surface area contributed by atoms with Crippen molar-refractivity contribution in [2.45, 2.75) is 70.9 Å². The van der Waals surface area contributed by atoms with Gasteiger partial charge in [-0.2, -0.15) is 0 Å². The number of carbonyl (C=O) groups is 1. The van der Waals surface area contributed by atoms with Crippen molar-refractivity contribution in [3.63, 3.8) is 0 Å². The summed E-state index contributed by atoms with van der Waals surface area (Å²) in [5, 5.41) is 0. The molecule has 4 unspecified atom stereocenters. The molecular formula is C15H28N2O. The average molecular weight is 252 g/mol. The van der Waals surface area contributed by atoms with Gasteiger partial charge in [0.1, 0.15) is 0 Å². The fraction of sp³-hybridized carbons (Fsp3) is 0.933. The van der Waals surface area contributed by atoms with Crippen molar-refractivity contribution in [1.82, 2.24) is 4.90 Å². The lowest BCUT2D eigenvalue weighted by atomic mass is 9.83. The number of likely N-dealkylation sites (tertiary alicyclic amines) is 1. The van der Waals surface area contributed by atoms with E-state index in [0.717, 1.165) is 32.2 Å². The Hall–Kier alpha value is -0.570. The fourth-order valence-electron chi connectivity index (χ4n) is 3.52. The van der Waals surface area contributed by atoms with E-state index < -0.39 is 0 Å². The maximum atomic E-state index is 12.4. The van der Waals surface area contributed by atoms with Crippen LogP contribution in [0, 0.1) is 11.8 Å². The van der Waals surface area contributed by atoms with Gasteiger partial charge in [0.25, 0.3) is 0 Å². The molecule has 0 aromatic rings. The summed E-state index contributed by atoms with van der Waals surface area (Å²) in [4.78, 5) is 14.5. The lowest BCUT2D eigenvalue weighted by molar-refractivity contribution is -0.136. The first-order valence-electron chi connectivity index (χ1n) is 7.61. The van der Waals surface area contributed by atoms with Crippen LogP contribution < -0.4 is 5.73 Å². The third-order valence-electron chi connectivity index (χ3n) is 4.72. The molecule has 0 aromatic carbocycles. The summed E-state index contributed by atoms with van der Waals surface area (Å²) < 4.78 is 0. The van der Waals surface area contributed by atoms with Gasteiger partial charge in [0, 0.05) is 25.0 Å². The third kappa shape index (κ3) is 3.47. The number of hydrogen-bond acceptors (Lipinski definition) is 2. The van der Waals surface area contributed by atoms with Gasteiger partial charge in [-0.15, -0.1) is 0 Å². The van der Waals surface area contributed by atoms with Gasteiger partial charge in [0.2, 0.25) is 5.91 Å². The van der Waals surface area contributed by atoms with Gasteiger partial charge in [-0.05, 0) is 50.9 Å². The molecule has 3 heteroatoms. The Morgan fingerprint density at radius 1 is 1.22 bits per heavy atom. The number of amides is 1. The van der Waals surface area contributed by atoms with Crippen LogP contribution in [-0.2, 0) is 4.79 Å². The van der Waals surface area contributed by atoms with Crippen molar-refractivity contribution in [3.05, 3.63) is 0 Å². The highest BCUT2D eigenvalue weighted by molar-refractivity contribution is 5.76. The van der Waals surface area contributed by atoms with Crippen LogP contribution in [0.4, 0.5) is 0 Å². The van der Waals surface area contributed by atoms with E-state index in [1.807, 2.05) is 0 Å². The van der Waals surface area contributed by atoms with E-state index >= 15 is 0 Å². The predicted octanol–water partition coefficient (Wildman–Crippen LogP) is 2.54. The Bertz CT molecular complexity index is 292. The maximum absolute atomic E-state index is 12.4. The molecule has 0 radical (unpaired) electrons. The van der Waals surface area contributed by atoms with E-state index in [1.165, 1.54) is 19.3 Å². The largest absolute Gasteiger partial charge is 0.340 e. The number of nitrogens with zero attached hydrogens (tertiary/aromatic N) is 1. The zero-order valence-electron chi connectivity index (χ0n) is 11.9. The van der Waals surface area contributed by atoms with Gasteiger partial charge in [0.05, 0.1) is 0 Å². The minimum atomic E-state index is 0.328. The van der Waals surface area contributed by atoms with Crippen LogP contribution in [0.3, 0.4) is 0 Å². The summed E-state index contributed by atoms with van der Waals surface area (Å²) in [6.07, 6.45) is 7.73. The van der Waals surface area contributed by atoms with Crippen LogP contribution >= 0.6 is 0 Å². The number of carbonyl (C=O) groups excluding carboxylic acids is 1. The molecular weight excluding hydrogens is 224 g/mol. The second kappa shape index (κ2) is 6.05. The molecule has 0 bridgehead atoms. The molecule has 18 heavy (non-hydrogen) atoms. The van der Waals surface area contributed by atoms with E-state index in [4.69, 9.17) is 5.73 Å². The lowest BCUT2D eigenvalue weighted by Crippen LogP contribution is -2.45. The first-order chi connectivity index (χ1) is 8.56. The van der Waals surface area contributed by atoms with Gasteiger partial charge in [-0.25, -0.2) is 0 Å². The standard InChI is InChI=1S/C15H28N2O/c1-11-6-7-12(2)17(10-11)15(18)9-13-4-3-5-14(16)8-13/h11-14H,3-10,16H2,1-2H3. The normalized spacial score (nSPS) is 37.6. The molecule has 1 heterocycles. The van der Waals surface area contributed by atoms with Crippen LogP contribution in [-0.4, -0.2) is 29.4 Å². The van der Waals surface area contributed by atoms with Crippen molar-refractivity contribution >= 4 is 5.91 Å². The molecule has 2 rings (SSSR count). The zero-order valence-corrected chi connectivity index (χ0v) is 11.9. The van der Waals surface area contributed by atoms with E-state index in [9.17, 15) is 4.79 Å². The molecule has 0 aromatic heterocycles. The van der Waals surface area contributed by atoms with Crippen LogP contribution in [0.1, 0.15) is 58.8 Å². The summed E-state index contributed by atoms with van der Waals surface area (Å²) in [5.41, 5.74) is 6.00. The van der Waals surface area contributed by atoms with E-state index in [1.54, 1.807) is 0 Å². The summed E-state index contributed by atoms with van der Waals surface area (Å²) in [6, 6.07) is 0.764. The lowest BCUT2D eigenvalue weighted by Gasteiger charge is -2.38. The Balaban J connectivity index is 1.86. The van der Waals surface area contributed by atoms with Gasteiger partial charge in [0.15, 0.2) is 0 Å². The first-order valence-corrected chi connectivity index (χ1v) is 7.61. The molecule has 1 aliphatic carbocycles. The highest BCUT2D eigenvalue weighted by Gasteiger charge is 2.29. The first kappa shape index (κ1) is 13.9. The van der Waals surface area contributed by atoms with Crippen LogP contribution in [0.2, 0.25) is 0 Å². The highest BCUT2D eigenvalue weighted by Crippen LogP contribution is 2.28. The molecule has 104 valence electrons. The predicted molar refractivity (Wildman–Crippen MR) is 74.1 cm³/mol. The van der Waals surface area contributed by atoms with Crippen molar-refractivity contribution < 1.29 is 4.79 Å². The fourth-order valence-corrected chi connectivity index (χ4v) is 3.52. The molecule has 2 N–H and O–H groups in total. The average Bonchev–Trinajstić information content (AvgIpc) is 2.32. The summed E-state index contributed by atoms with van der Waals surface area (Å²) in [5.74, 6) is 1.57.